The van der Waals surface area contributed by atoms with E-state index in [4.69, 9.17) is 0 Å². The number of carbonyl (C=O) groups is 1. The molecule has 1 fully saturated rings. The molecule has 6 heteroatoms. The van der Waals surface area contributed by atoms with Gasteiger partial charge in [-0.05, 0) is 23.8 Å². The van der Waals surface area contributed by atoms with Gasteiger partial charge in [-0.25, -0.2) is 4.79 Å². The van der Waals surface area contributed by atoms with Gasteiger partial charge >= 0.3 is 6.03 Å². The molecule has 0 bridgehead atoms. The van der Waals surface area contributed by atoms with Crippen molar-refractivity contribution in [3.8, 4) is 0 Å². The van der Waals surface area contributed by atoms with E-state index in [-0.39, 0.29) is 6.03 Å². The van der Waals surface area contributed by atoms with Gasteiger partial charge in [0, 0.05) is 47.4 Å². The van der Waals surface area contributed by atoms with Crippen molar-refractivity contribution in [3.05, 3.63) is 63.0 Å². The predicted molar refractivity (Wildman–Crippen MR) is 104 cm³/mol. The molecule has 2 aromatic carbocycles. The first-order chi connectivity index (χ1) is 11.6. The number of halogens is 2. The number of hydrogen-bond donors (Lipinski definition) is 1. The van der Waals surface area contributed by atoms with Crippen LogP contribution in [0.5, 0.6) is 0 Å². The van der Waals surface area contributed by atoms with E-state index >= 15 is 0 Å². The SMILES string of the molecule is O=C(Nc1cc(Br)cc(Br)c1)N1CCN(Cc2ccccc2)CC1. The highest BCUT2D eigenvalue weighted by atomic mass is 79.9. The number of nitrogens with one attached hydrogen (secondary N) is 1. The van der Waals surface area contributed by atoms with Gasteiger partial charge in [-0.15, -0.1) is 0 Å². The maximum Gasteiger partial charge on any atom is 0.321 e. The average molecular weight is 453 g/mol. The third-order valence-corrected chi connectivity index (χ3v) is 4.94. The maximum absolute atomic E-state index is 12.4. The van der Waals surface area contributed by atoms with Crippen molar-refractivity contribution in [2.45, 2.75) is 6.54 Å². The molecule has 1 aliphatic rings. The van der Waals surface area contributed by atoms with Crippen LogP contribution in [0.25, 0.3) is 0 Å². The minimum atomic E-state index is -0.0423. The molecule has 1 aliphatic heterocycles. The van der Waals surface area contributed by atoms with E-state index in [1.165, 1.54) is 5.56 Å². The quantitative estimate of drug-likeness (QED) is 0.740. The van der Waals surface area contributed by atoms with E-state index in [0.29, 0.717) is 0 Å². The number of amides is 2. The highest BCUT2D eigenvalue weighted by Crippen LogP contribution is 2.23. The molecule has 0 aromatic heterocycles. The number of hydrogen-bond acceptors (Lipinski definition) is 2. The van der Waals surface area contributed by atoms with Gasteiger partial charge in [0.2, 0.25) is 0 Å². The van der Waals surface area contributed by atoms with Crippen LogP contribution in [0.2, 0.25) is 0 Å². The van der Waals surface area contributed by atoms with Crippen molar-refractivity contribution >= 4 is 43.6 Å². The number of piperazine rings is 1. The Morgan fingerprint density at radius 2 is 1.58 bits per heavy atom. The average Bonchev–Trinajstić information content (AvgIpc) is 2.55. The number of benzene rings is 2. The Kier molecular flexibility index (Phi) is 5.92. The van der Waals surface area contributed by atoms with Gasteiger partial charge in [0.15, 0.2) is 0 Å². The van der Waals surface area contributed by atoms with Crippen LogP contribution < -0.4 is 5.32 Å². The molecule has 0 atom stereocenters. The van der Waals surface area contributed by atoms with Gasteiger partial charge in [0.25, 0.3) is 0 Å². The first kappa shape index (κ1) is 17.5. The van der Waals surface area contributed by atoms with Crippen LogP contribution in [0, 0.1) is 0 Å². The lowest BCUT2D eigenvalue weighted by molar-refractivity contribution is 0.143. The summed E-state index contributed by atoms with van der Waals surface area (Å²) in [5.41, 5.74) is 2.10. The van der Waals surface area contributed by atoms with Gasteiger partial charge in [0.05, 0.1) is 0 Å². The molecule has 0 aliphatic carbocycles. The van der Waals surface area contributed by atoms with Crippen LogP contribution in [-0.4, -0.2) is 42.0 Å². The highest BCUT2D eigenvalue weighted by molar-refractivity contribution is 9.11. The highest BCUT2D eigenvalue weighted by Gasteiger charge is 2.21. The third-order valence-electron chi connectivity index (χ3n) is 4.02. The Hall–Kier alpha value is -1.37. The molecule has 0 unspecified atom stereocenters. The van der Waals surface area contributed by atoms with Crippen LogP contribution in [0.3, 0.4) is 0 Å². The van der Waals surface area contributed by atoms with Gasteiger partial charge in [-0.3, -0.25) is 4.90 Å². The number of anilines is 1. The fourth-order valence-corrected chi connectivity index (χ4v) is 4.07. The minimum absolute atomic E-state index is 0.0423. The predicted octanol–water partition coefficient (Wildman–Crippen LogP) is 4.56. The normalized spacial score (nSPS) is 15.3. The Morgan fingerprint density at radius 3 is 2.21 bits per heavy atom. The first-order valence-electron chi connectivity index (χ1n) is 7.88. The summed E-state index contributed by atoms with van der Waals surface area (Å²) in [6.07, 6.45) is 0. The van der Waals surface area contributed by atoms with Crippen LogP contribution in [0.4, 0.5) is 10.5 Å². The van der Waals surface area contributed by atoms with E-state index in [2.05, 4.69) is 66.3 Å². The Balaban J connectivity index is 1.51. The summed E-state index contributed by atoms with van der Waals surface area (Å²) < 4.78 is 1.86. The fraction of sp³-hybridized carbons (Fsp3) is 0.278. The molecule has 2 amide bonds. The summed E-state index contributed by atoms with van der Waals surface area (Å²) in [6, 6.07) is 16.1. The molecule has 0 spiro atoms. The number of urea groups is 1. The molecule has 126 valence electrons. The zero-order valence-corrected chi connectivity index (χ0v) is 16.4. The van der Waals surface area contributed by atoms with Crippen LogP contribution >= 0.6 is 31.9 Å². The van der Waals surface area contributed by atoms with Crippen LogP contribution in [0.1, 0.15) is 5.56 Å². The largest absolute Gasteiger partial charge is 0.322 e. The van der Waals surface area contributed by atoms with Gasteiger partial charge < -0.3 is 10.2 Å². The van der Waals surface area contributed by atoms with E-state index in [0.717, 1.165) is 47.4 Å². The fourth-order valence-electron chi connectivity index (χ4n) is 2.78. The smallest absolute Gasteiger partial charge is 0.321 e. The standard InChI is InChI=1S/C18H19Br2N3O/c19-15-10-16(20)12-17(11-15)21-18(24)23-8-6-22(7-9-23)13-14-4-2-1-3-5-14/h1-5,10-12H,6-9,13H2,(H,21,24). The summed E-state index contributed by atoms with van der Waals surface area (Å²) in [5.74, 6) is 0. The summed E-state index contributed by atoms with van der Waals surface area (Å²) in [6.45, 7) is 4.21. The zero-order valence-electron chi connectivity index (χ0n) is 13.2. The second-order valence-electron chi connectivity index (χ2n) is 5.84. The van der Waals surface area contributed by atoms with Gasteiger partial charge in [-0.1, -0.05) is 62.2 Å². The van der Waals surface area contributed by atoms with Crippen molar-refractivity contribution in [1.82, 2.24) is 9.80 Å². The second kappa shape index (κ2) is 8.14. The number of nitrogens with zero attached hydrogens (tertiary/aromatic N) is 2. The van der Waals surface area contributed by atoms with Crippen molar-refractivity contribution in [2.75, 3.05) is 31.5 Å². The second-order valence-corrected chi connectivity index (χ2v) is 7.67. The molecule has 0 radical (unpaired) electrons. The Bertz CT molecular complexity index is 680. The third kappa shape index (κ3) is 4.82. The van der Waals surface area contributed by atoms with Crippen molar-refractivity contribution in [2.24, 2.45) is 0 Å². The van der Waals surface area contributed by atoms with E-state index in [9.17, 15) is 4.79 Å². The lowest BCUT2D eigenvalue weighted by Gasteiger charge is -2.34. The Morgan fingerprint density at radius 1 is 0.958 bits per heavy atom. The Labute approximate surface area is 159 Å². The molecule has 1 heterocycles. The van der Waals surface area contributed by atoms with Crippen LogP contribution in [-0.2, 0) is 6.54 Å². The lowest BCUT2D eigenvalue weighted by atomic mass is 10.2. The van der Waals surface area contributed by atoms with Gasteiger partial charge in [0.1, 0.15) is 0 Å². The molecular formula is C18H19Br2N3O. The molecule has 1 saturated heterocycles. The molecular weight excluding hydrogens is 434 g/mol. The van der Waals surface area contributed by atoms with Crippen molar-refractivity contribution in [1.29, 1.82) is 0 Å². The molecule has 2 aromatic rings. The first-order valence-corrected chi connectivity index (χ1v) is 9.47. The topological polar surface area (TPSA) is 35.6 Å². The zero-order chi connectivity index (χ0) is 16.9. The summed E-state index contributed by atoms with van der Waals surface area (Å²) in [4.78, 5) is 16.7. The minimum Gasteiger partial charge on any atom is -0.322 e. The lowest BCUT2D eigenvalue weighted by Crippen LogP contribution is -2.49. The van der Waals surface area contributed by atoms with E-state index in [1.807, 2.05) is 29.2 Å². The monoisotopic (exact) mass is 451 g/mol. The van der Waals surface area contributed by atoms with E-state index < -0.39 is 0 Å². The molecule has 4 nitrogen and oxygen atoms in total. The van der Waals surface area contributed by atoms with Crippen LogP contribution in [0.15, 0.2) is 57.5 Å². The van der Waals surface area contributed by atoms with Crippen molar-refractivity contribution in [3.63, 3.8) is 0 Å². The molecule has 0 saturated carbocycles. The summed E-state index contributed by atoms with van der Waals surface area (Å²) in [7, 11) is 0. The number of rotatable bonds is 3. The summed E-state index contributed by atoms with van der Waals surface area (Å²) in [5, 5.41) is 2.97. The molecule has 24 heavy (non-hydrogen) atoms. The molecule has 3 rings (SSSR count). The molecule has 1 N–H and O–H groups in total. The maximum atomic E-state index is 12.4. The van der Waals surface area contributed by atoms with E-state index in [1.54, 1.807) is 0 Å². The van der Waals surface area contributed by atoms with Crippen molar-refractivity contribution < 1.29 is 4.79 Å². The van der Waals surface area contributed by atoms with Gasteiger partial charge in [-0.2, -0.15) is 0 Å². The number of carbonyl (C=O) groups excluding carboxylic acids is 1. The summed E-state index contributed by atoms with van der Waals surface area (Å²) >= 11 is 6.87.